The van der Waals surface area contributed by atoms with E-state index in [9.17, 15) is 0 Å². The van der Waals surface area contributed by atoms with Crippen LogP contribution in [0.1, 0.15) is 47.0 Å². The smallest absolute Gasteiger partial charge is 0.0565 e. The highest BCUT2D eigenvalue weighted by atomic mass is 16.5. The molecule has 4 atom stereocenters. The fourth-order valence-electron chi connectivity index (χ4n) is 2.06. The summed E-state index contributed by atoms with van der Waals surface area (Å²) >= 11 is 0. The summed E-state index contributed by atoms with van der Waals surface area (Å²) in [6, 6.07) is 1.30. The quantitative estimate of drug-likeness (QED) is 0.728. The van der Waals surface area contributed by atoms with Crippen LogP contribution in [0.4, 0.5) is 0 Å². The lowest BCUT2D eigenvalue weighted by Gasteiger charge is -2.34. The second kappa shape index (κ2) is 4.97. The molecule has 1 heterocycles. The maximum absolute atomic E-state index is 5.69. The lowest BCUT2D eigenvalue weighted by Crippen LogP contribution is -2.44. The summed E-state index contributed by atoms with van der Waals surface area (Å²) in [4.78, 5) is 0. The predicted octanol–water partition coefficient (Wildman–Crippen LogP) is 2.33. The van der Waals surface area contributed by atoms with Crippen LogP contribution >= 0.6 is 0 Å². The zero-order valence-electron chi connectivity index (χ0n) is 9.34. The van der Waals surface area contributed by atoms with Gasteiger partial charge in [0.2, 0.25) is 0 Å². The number of hydrogen-bond donors (Lipinski definition) is 1. The molecule has 0 amide bonds. The topological polar surface area (TPSA) is 21.3 Å². The third-order valence-electron chi connectivity index (χ3n) is 2.83. The number of ether oxygens (including phenoxy) is 1. The van der Waals surface area contributed by atoms with Crippen LogP contribution in [0.2, 0.25) is 0 Å². The second-order valence-corrected chi connectivity index (χ2v) is 4.40. The van der Waals surface area contributed by atoms with E-state index in [-0.39, 0.29) is 0 Å². The van der Waals surface area contributed by atoms with E-state index in [1.165, 1.54) is 6.42 Å². The zero-order valence-corrected chi connectivity index (χ0v) is 9.34. The Hall–Kier alpha value is -0.0800. The van der Waals surface area contributed by atoms with Crippen molar-refractivity contribution in [3.05, 3.63) is 0 Å². The summed E-state index contributed by atoms with van der Waals surface area (Å²) in [6.07, 6.45) is 4.37. The predicted molar refractivity (Wildman–Crippen MR) is 55.9 cm³/mol. The molecular formula is C11H23NO. The van der Waals surface area contributed by atoms with Gasteiger partial charge in [-0.2, -0.15) is 0 Å². The summed E-state index contributed by atoms with van der Waals surface area (Å²) < 4.78 is 5.69. The first-order valence-electron chi connectivity index (χ1n) is 5.53. The van der Waals surface area contributed by atoms with Crippen molar-refractivity contribution in [2.45, 2.75) is 71.2 Å². The highest BCUT2D eigenvalue weighted by Crippen LogP contribution is 2.19. The Bertz CT molecular complexity index is 139. The van der Waals surface area contributed by atoms with Crippen molar-refractivity contribution in [3.8, 4) is 0 Å². The van der Waals surface area contributed by atoms with Gasteiger partial charge >= 0.3 is 0 Å². The van der Waals surface area contributed by atoms with Gasteiger partial charge in [0.15, 0.2) is 0 Å². The highest BCUT2D eigenvalue weighted by Gasteiger charge is 2.24. The summed E-state index contributed by atoms with van der Waals surface area (Å²) in [5.74, 6) is 0. The van der Waals surface area contributed by atoms with E-state index in [4.69, 9.17) is 4.74 Å². The monoisotopic (exact) mass is 185 g/mol. The number of rotatable bonds is 3. The average molecular weight is 185 g/mol. The molecule has 0 aromatic heterocycles. The molecule has 13 heavy (non-hydrogen) atoms. The van der Waals surface area contributed by atoms with Crippen molar-refractivity contribution in [1.82, 2.24) is 5.32 Å². The van der Waals surface area contributed by atoms with Gasteiger partial charge in [-0.15, -0.1) is 0 Å². The third kappa shape index (κ3) is 3.65. The molecule has 78 valence electrons. The van der Waals surface area contributed by atoms with Gasteiger partial charge in [0.05, 0.1) is 12.2 Å². The van der Waals surface area contributed by atoms with Gasteiger partial charge in [0.25, 0.3) is 0 Å². The van der Waals surface area contributed by atoms with Gasteiger partial charge in [-0.3, -0.25) is 0 Å². The number of nitrogens with one attached hydrogen (secondary N) is 1. The van der Waals surface area contributed by atoms with Gasteiger partial charge in [0, 0.05) is 12.1 Å². The van der Waals surface area contributed by atoms with E-state index >= 15 is 0 Å². The standard InChI is InChI=1S/C11H23NO/c1-5-8(2)12-11-6-9(3)13-10(4)7-11/h8-12H,5-7H2,1-4H3/t8-,9-,10+,11?/m0/s1. The molecule has 0 bridgehead atoms. The van der Waals surface area contributed by atoms with Crippen LogP contribution in [0.3, 0.4) is 0 Å². The lowest BCUT2D eigenvalue weighted by atomic mass is 9.99. The summed E-state index contributed by atoms with van der Waals surface area (Å²) in [6.45, 7) is 8.82. The van der Waals surface area contributed by atoms with E-state index in [0.29, 0.717) is 24.3 Å². The Morgan fingerprint density at radius 1 is 1.31 bits per heavy atom. The van der Waals surface area contributed by atoms with E-state index in [2.05, 4.69) is 33.0 Å². The van der Waals surface area contributed by atoms with Crippen LogP contribution in [-0.2, 0) is 4.74 Å². The summed E-state index contributed by atoms with van der Waals surface area (Å²) in [5, 5.41) is 3.65. The minimum absolute atomic E-state index is 0.422. The molecule has 2 heteroatoms. The van der Waals surface area contributed by atoms with Crippen molar-refractivity contribution in [3.63, 3.8) is 0 Å². The van der Waals surface area contributed by atoms with Crippen molar-refractivity contribution in [2.24, 2.45) is 0 Å². The summed E-state index contributed by atoms with van der Waals surface area (Å²) in [7, 11) is 0. The van der Waals surface area contributed by atoms with Crippen LogP contribution in [0.25, 0.3) is 0 Å². The molecule has 1 saturated heterocycles. The summed E-state index contributed by atoms with van der Waals surface area (Å²) in [5.41, 5.74) is 0. The van der Waals surface area contributed by atoms with Gasteiger partial charge in [0.1, 0.15) is 0 Å². The second-order valence-electron chi connectivity index (χ2n) is 4.40. The molecule has 0 radical (unpaired) electrons. The van der Waals surface area contributed by atoms with Gasteiger partial charge in [-0.25, -0.2) is 0 Å². The van der Waals surface area contributed by atoms with Crippen molar-refractivity contribution < 1.29 is 4.74 Å². The SMILES string of the molecule is CC[C@H](C)NC1C[C@@H](C)O[C@@H](C)C1. The fraction of sp³-hybridized carbons (Fsp3) is 1.00. The molecule has 1 N–H and O–H groups in total. The molecule has 0 spiro atoms. The van der Waals surface area contributed by atoms with Crippen molar-refractivity contribution in [1.29, 1.82) is 0 Å². The van der Waals surface area contributed by atoms with E-state index in [1.807, 2.05) is 0 Å². The molecule has 0 aromatic carbocycles. The first kappa shape index (κ1) is 11.0. The Kier molecular flexibility index (Phi) is 4.20. The molecule has 1 unspecified atom stereocenters. The minimum Gasteiger partial charge on any atom is -0.375 e. The normalized spacial score (nSPS) is 37.4. The fourth-order valence-corrected chi connectivity index (χ4v) is 2.06. The molecular weight excluding hydrogens is 162 g/mol. The van der Waals surface area contributed by atoms with Crippen LogP contribution in [-0.4, -0.2) is 24.3 Å². The Morgan fingerprint density at radius 3 is 2.31 bits per heavy atom. The molecule has 1 fully saturated rings. The van der Waals surface area contributed by atoms with E-state index in [0.717, 1.165) is 12.8 Å². The average Bonchev–Trinajstić information content (AvgIpc) is 2.02. The van der Waals surface area contributed by atoms with Crippen LogP contribution < -0.4 is 5.32 Å². The highest BCUT2D eigenvalue weighted by molar-refractivity contribution is 4.80. The Balaban J connectivity index is 2.32. The van der Waals surface area contributed by atoms with E-state index in [1.54, 1.807) is 0 Å². The molecule has 0 aliphatic carbocycles. The van der Waals surface area contributed by atoms with Crippen molar-refractivity contribution >= 4 is 0 Å². The molecule has 1 aliphatic heterocycles. The third-order valence-corrected chi connectivity index (χ3v) is 2.83. The maximum Gasteiger partial charge on any atom is 0.0565 e. The first-order valence-corrected chi connectivity index (χ1v) is 5.53. The molecule has 1 rings (SSSR count). The Labute approximate surface area is 82.0 Å². The molecule has 0 aromatic rings. The lowest BCUT2D eigenvalue weighted by molar-refractivity contribution is -0.0433. The molecule has 0 saturated carbocycles. The van der Waals surface area contributed by atoms with Gasteiger partial charge in [-0.05, 0) is 40.0 Å². The van der Waals surface area contributed by atoms with Crippen LogP contribution in [0.15, 0.2) is 0 Å². The van der Waals surface area contributed by atoms with E-state index < -0.39 is 0 Å². The van der Waals surface area contributed by atoms with Crippen LogP contribution in [0.5, 0.6) is 0 Å². The maximum atomic E-state index is 5.69. The zero-order chi connectivity index (χ0) is 9.84. The number of hydrogen-bond acceptors (Lipinski definition) is 2. The largest absolute Gasteiger partial charge is 0.375 e. The Morgan fingerprint density at radius 2 is 1.85 bits per heavy atom. The molecule has 1 aliphatic rings. The minimum atomic E-state index is 0.422. The molecule has 2 nitrogen and oxygen atoms in total. The first-order chi connectivity index (χ1) is 6.11. The van der Waals surface area contributed by atoms with Crippen LogP contribution in [0, 0.1) is 0 Å². The van der Waals surface area contributed by atoms with Gasteiger partial charge < -0.3 is 10.1 Å². The van der Waals surface area contributed by atoms with Gasteiger partial charge in [-0.1, -0.05) is 6.92 Å². The van der Waals surface area contributed by atoms with Crippen molar-refractivity contribution in [2.75, 3.05) is 0 Å².